The summed E-state index contributed by atoms with van der Waals surface area (Å²) in [7, 11) is 0. The second-order valence-electron chi connectivity index (χ2n) is 11.3. The molecule has 9 nitrogen and oxygen atoms in total. The molecular formula is C26H33F3N4O5. The number of halogens is 3. The lowest BCUT2D eigenvalue weighted by Crippen LogP contribution is -2.59. The molecule has 4 amide bonds. The van der Waals surface area contributed by atoms with Gasteiger partial charge in [0.15, 0.2) is 11.6 Å². The Morgan fingerprint density at radius 2 is 1.61 bits per heavy atom. The van der Waals surface area contributed by atoms with Crippen LogP contribution in [-0.2, 0) is 14.3 Å². The van der Waals surface area contributed by atoms with Crippen LogP contribution in [0.1, 0.15) is 69.7 Å². The Morgan fingerprint density at radius 3 is 2.18 bits per heavy atom. The minimum Gasteiger partial charge on any atom is -0.444 e. The Labute approximate surface area is 218 Å². The summed E-state index contributed by atoms with van der Waals surface area (Å²) in [5, 5.41) is 2.69. The van der Waals surface area contributed by atoms with Gasteiger partial charge >= 0.3 is 6.09 Å². The molecule has 1 aromatic rings. The molecule has 0 saturated carbocycles. The predicted octanol–water partition coefficient (Wildman–Crippen LogP) is 2.86. The van der Waals surface area contributed by atoms with Gasteiger partial charge in [-0.05, 0) is 71.3 Å². The molecular weight excluding hydrogens is 505 g/mol. The average molecular weight is 539 g/mol. The number of hydrogen-bond donors (Lipinski definition) is 2. The molecule has 1 aromatic carbocycles. The van der Waals surface area contributed by atoms with Crippen molar-refractivity contribution in [3.8, 4) is 0 Å². The zero-order chi connectivity index (χ0) is 27.9. The fraction of sp³-hybridized carbons (Fsp3) is 0.615. The van der Waals surface area contributed by atoms with Gasteiger partial charge in [0, 0.05) is 24.7 Å². The number of carbonyl (C=O) groups is 4. The zero-order valence-corrected chi connectivity index (χ0v) is 21.6. The number of nitrogens with zero attached hydrogens (tertiary/aromatic N) is 2. The molecule has 3 saturated heterocycles. The number of nitrogens with two attached hydrogens (primary N) is 1. The maximum absolute atomic E-state index is 14.4. The number of alkyl carbamates (subject to hydrolysis) is 1. The first-order valence-electron chi connectivity index (χ1n) is 12.8. The van der Waals surface area contributed by atoms with E-state index < -0.39 is 82.5 Å². The Kier molecular flexibility index (Phi) is 7.62. The summed E-state index contributed by atoms with van der Waals surface area (Å²) < 4.78 is 47.0. The lowest BCUT2D eigenvalue weighted by molar-refractivity contribution is -0.140. The summed E-state index contributed by atoms with van der Waals surface area (Å²) in [5.74, 6) is -6.09. The van der Waals surface area contributed by atoms with Crippen LogP contribution in [0.5, 0.6) is 0 Å². The molecule has 3 fully saturated rings. The van der Waals surface area contributed by atoms with Crippen LogP contribution < -0.4 is 11.1 Å². The molecule has 0 spiro atoms. The second kappa shape index (κ2) is 10.5. The van der Waals surface area contributed by atoms with E-state index in [0.29, 0.717) is 57.2 Å². The van der Waals surface area contributed by atoms with E-state index in [-0.39, 0.29) is 0 Å². The largest absolute Gasteiger partial charge is 0.444 e. The third-order valence-corrected chi connectivity index (χ3v) is 7.52. The monoisotopic (exact) mass is 538 g/mol. The van der Waals surface area contributed by atoms with Crippen molar-refractivity contribution in [2.24, 2.45) is 11.7 Å². The molecule has 0 aromatic heterocycles. The summed E-state index contributed by atoms with van der Waals surface area (Å²) in [6, 6.07) is -1.71. The van der Waals surface area contributed by atoms with Crippen LogP contribution >= 0.6 is 0 Å². The average Bonchev–Trinajstić information content (AvgIpc) is 3.40. The molecule has 2 unspecified atom stereocenters. The van der Waals surface area contributed by atoms with Gasteiger partial charge in [0.05, 0.1) is 5.56 Å². The van der Waals surface area contributed by atoms with E-state index in [1.807, 2.05) is 0 Å². The molecule has 208 valence electrons. The molecule has 38 heavy (non-hydrogen) atoms. The number of fused-ring (bicyclic) bond motifs is 2. The predicted molar refractivity (Wildman–Crippen MR) is 129 cm³/mol. The van der Waals surface area contributed by atoms with Crippen LogP contribution in [0.15, 0.2) is 12.1 Å². The smallest absolute Gasteiger partial charge is 0.408 e. The van der Waals surface area contributed by atoms with Crippen molar-refractivity contribution < 1.29 is 37.1 Å². The van der Waals surface area contributed by atoms with E-state index in [0.717, 1.165) is 0 Å². The first-order chi connectivity index (χ1) is 17.8. The van der Waals surface area contributed by atoms with E-state index in [9.17, 15) is 32.3 Å². The van der Waals surface area contributed by atoms with Crippen molar-refractivity contribution in [2.75, 3.05) is 6.54 Å². The number of amides is 4. The maximum Gasteiger partial charge on any atom is 0.408 e. The van der Waals surface area contributed by atoms with Gasteiger partial charge in [-0.25, -0.2) is 18.0 Å². The van der Waals surface area contributed by atoms with Crippen molar-refractivity contribution in [1.29, 1.82) is 0 Å². The summed E-state index contributed by atoms with van der Waals surface area (Å²) in [6.07, 6.45) is 1.97. The van der Waals surface area contributed by atoms with Crippen LogP contribution in [-0.4, -0.2) is 69.9 Å². The first kappa shape index (κ1) is 27.7. The molecule has 4 rings (SSSR count). The van der Waals surface area contributed by atoms with Crippen LogP contribution in [0.25, 0.3) is 0 Å². The maximum atomic E-state index is 14.4. The lowest BCUT2D eigenvalue weighted by Gasteiger charge is -2.42. The summed E-state index contributed by atoms with van der Waals surface area (Å²) in [4.78, 5) is 54.4. The number of primary amides is 1. The summed E-state index contributed by atoms with van der Waals surface area (Å²) in [6.45, 7) is 5.39. The Hall–Kier alpha value is -3.31. The van der Waals surface area contributed by atoms with Gasteiger partial charge in [0.1, 0.15) is 23.5 Å². The SMILES string of the molecule is CC(C)(C)OC(=O)N[C@H](C(=O)N1CCC[C@H]1C(N)=O)C1CC2CCC(C1)N2C(=O)c1cc(F)c(F)cc1F. The Bertz CT molecular complexity index is 1130. The van der Waals surface area contributed by atoms with Crippen molar-refractivity contribution in [1.82, 2.24) is 15.1 Å². The quantitative estimate of drug-likeness (QED) is 0.559. The van der Waals surface area contributed by atoms with E-state index in [1.165, 1.54) is 9.80 Å². The minimum absolute atomic E-state index is 0.300. The first-order valence-corrected chi connectivity index (χ1v) is 12.8. The van der Waals surface area contributed by atoms with Gasteiger partial charge in [-0.3, -0.25) is 14.4 Å². The molecule has 0 radical (unpaired) electrons. The van der Waals surface area contributed by atoms with Crippen LogP contribution in [0, 0.1) is 23.4 Å². The topological polar surface area (TPSA) is 122 Å². The van der Waals surface area contributed by atoms with Crippen molar-refractivity contribution in [3.05, 3.63) is 35.1 Å². The van der Waals surface area contributed by atoms with Crippen LogP contribution in [0.2, 0.25) is 0 Å². The molecule has 0 aliphatic carbocycles. The van der Waals surface area contributed by atoms with Gasteiger partial charge in [-0.1, -0.05) is 0 Å². The molecule has 12 heteroatoms. The number of rotatable bonds is 5. The number of carbonyl (C=O) groups excluding carboxylic acids is 4. The Morgan fingerprint density at radius 1 is 1.00 bits per heavy atom. The number of hydrogen-bond acceptors (Lipinski definition) is 5. The number of benzene rings is 1. The minimum atomic E-state index is -1.38. The molecule has 2 bridgehead atoms. The fourth-order valence-electron chi connectivity index (χ4n) is 5.97. The van der Waals surface area contributed by atoms with Crippen molar-refractivity contribution in [3.63, 3.8) is 0 Å². The van der Waals surface area contributed by atoms with Crippen molar-refractivity contribution >= 4 is 23.8 Å². The molecule has 3 aliphatic heterocycles. The normalized spacial score (nSPS) is 25.7. The fourth-order valence-corrected chi connectivity index (χ4v) is 5.97. The van der Waals surface area contributed by atoms with Gasteiger partial charge in [-0.2, -0.15) is 0 Å². The highest BCUT2D eigenvalue weighted by atomic mass is 19.2. The van der Waals surface area contributed by atoms with E-state index in [4.69, 9.17) is 10.5 Å². The van der Waals surface area contributed by atoms with Crippen LogP contribution in [0.4, 0.5) is 18.0 Å². The zero-order valence-electron chi connectivity index (χ0n) is 21.6. The highest BCUT2D eigenvalue weighted by Gasteiger charge is 2.49. The van der Waals surface area contributed by atoms with E-state index in [2.05, 4.69) is 5.32 Å². The molecule has 3 heterocycles. The molecule has 4 atom stereocenters. The third-order valence-electron chi connectivity index (χ3n) is 7.52. The Balaban J connectivity index is 1.57. The number of nitrogens with one attached hydrogen (secondary N) is 1. The summed E-state index contributed by atoms with van der Waals surface area (Å²) in [5.41, 5.74) is 4.14. The van der Waals surface area contributed by atoms with Gasteiger partial charge in [0.2, 0.25) is 11.8 Å². The second-order valence-corrected chi connectivity index (χ2v) is 11.3. The van der Waals surface area contributed by atoms with Gasteiger partial charge in [0.25, 0.3) is 5.91 Å². The summed E-state index contributed by atoms with van der Waals surface area (Å²) >= 11 is 0. The number of piperidine rings is 1. The number of ether oxygens (including phenoxy) is 1. The standard InChI is InChI=1S/C26H33F3N4O5/c1-26(2,3)38-25(37)31-21(24(36)32-8-4-5-20(32)22(30)34)13-9-14-6-7-15(10-13)33(14)23(35)16-11-18(28)19(29)12-17(16)27/h11-15,20-21H,4-10H2,1-3H3,(H2,30,34)(H,31,37)/t13?,14?,15?,20-,21-/m0/s1. The van der Waals surface area contributed by atoms with Gasteiger partial charge < -0.3 is 25.6 Å². The molecule has 3 aliphatic rings. The van der Waals surface area contributed by atoms with Crippen molar-refractivity contribution in [2.45, 2.75) is 89.1 Å². The van der Waals surface area contributed by atoms with E-state index in [1.54, 1.807) is 20.8 Å². The van der Waals surface area contributed by atoms with E-state index >= 15 is 0 Å². The van der Waals surface area contributed by atoms with Gasteiger partial charge in [-0.15, -0.1) is 0 Å². The number of likely N-dealkylation sites (tertiary alicyclic amines) is 1. The lowest BCUT2D eigenvalue weighted by atomic mass is 9.83. The van der Waals surface area contributed by atoms with Crippen LogP contribution in [0.3, 0.4) is 0 Å². The highest BCUT2D eigenvalue weighted by molar-refractivity contribution is 5.95. The highest BCUT2D eigenvalue weighted by Crippen LogP contribution is 2.41. The molecule has 3 N–H and O–H groups in total. The third kappa shape index (κ3) is 5.58.